The second-order valence-corrected chi connectivity index (χ2v) is 8.67. The van der Waals surface area contributed by atoms with Crippen molar-refractivity contribution in [1.29, 1.82) is 0 Å². The van der Waals surface area contributed by atoms with E-state index in [1.165, 1.54) is 13.2 Å². The number of Topliss-reactive ketones (excluding diaryl/α,β-unsaturated/α-hetero) is 1. The van der Waals surface area contributed by atoms with E-state index in [0.29, 0.717) is 22.3 Å². The smallest absolute Gasteiger partial charge is 0.336 e. The Morgan fingerprint density at radius 2 is 1.77 bits per heavy atom. The van der Waals surface area contributed by atoms with Crippen molar-refractivity contribution in [1.82, 2.24) is 18.7 Å². The van der Waals surface area contributed by atoms with E-state index in [0.717, 1.165) is 28.3 Å². The monoisotopic (exact) mass is 504 g/mol. The average molecular weight is 505 g/mol. The molecule has 0 atom stereocenters. The Labute approximate surface area is 208 Å². The number of allylic oxidation sites excluding steroid dienone is 1. The zero-order valence-corrected chi connectivity index (χ0v) is 19.9. The number of aromatic amines is 1. The number of methoxy groups -OCH3 is 1. The molecule has 0 aliphatic carbocycles. The van der Waals surface area contributed by atoms with Gasteiger partial charge in [-0.15, -0.1) is 0 Å². The highest BCUT2D eigenvalue weighted by atomic mass is 35.5. The number of aliphatic carboxylic acids is 1. The van der Waals surface area contributed by atoms with E-state index in [9.17, 15) is 14.7 Å². The summed E-state index contributed by atoms with van der Waals surface area (Å²) in [5, 5.41) is 10.5. The molecule has 35 heavy (non-hydrogen) atoms. The van der Waals surface area contributed by atoms with Gasteiger partial charge in [0.15, 0.2) is 5.78 Å². The molecule has 0 fully saturated rings. The minimum Gasteiger partial charge on any atom is -0.495 e. The summed E-state index contributed by atoms with van der Waals surface area (Å²) in [6, 6.07) is 15.1. The number of ether oxygens (including phenoxy) is 1. The first-order valence-electron chi connectivity index (χ1n) is 10.4. The number of nitrogens with one attached hydrogen (secondary N) is 1. The van der Waals surface area contributed by atoms with Gasteiger partial charge in [-0.1, -0.05) is 23.7 Å². The molecule has 5 rings (SSSR count). The minimum absolute atomic E-state index is 0.0758. The summed E-state index contributed by atoms with van der Waals surface area (Å²) in [4.78, 5) is 33.6. The number of benzene rings is 3. The van der Waals surface area contributed by atoms with Crippen LogP contribution in [0.4, 0.5) is 0 Å². The highest BCUT2D eigenvalue weighted by Gasteiger charge is 2.25. The highest BCUT2D eigenvalue weighted by molar-refractivity contribution is 7.00. The maximum atomic E-state index is 13.8. The van der Waals surface area contributed by atoms with Gasteiger partial charge in [-0.05, 0) is 53.6 Å². The van der Waals surface area contributed by atoms with Gasteiger partial charge in [0.05, 0.1) is 46.8 Å². The lowest BCUT2D eigenvalue weighted by atomic mass is 9.89. The lowest BCUT2D eigenvalue weighted by molar-refractivity contribution is -0.130. The Balaban J connectivity index is 1.69. The summed E-state index contributed by atoms with van der Waals surface area (Å²) in [6.07, 6.45) is 1.65. The van der Waals surface area contributed by atoms with E-state index >= 15 is 0 Å². The molecule has 0 saturated carbocycles. The predicted octanol–water partition coefficient (Wildman–Crippen LogP) is 5.19. The van der Waals surface area contributed by atoms with Gasteiger partial charge in [0.2, 0.25) is 0 Å². The Hall–Kier alpha value is -4.08. The Kier molecular flexibility index (Phi) is 6.02. The molecule has 0 radical (unpaired) electrons. The van der Waals surface area contributed by atoms with Gasteiger partial charge in [0, 0.05) is 17.6 Å². The molecular weight excluding hydrogens is 488 g/mol. The Morgan fingerprint density at radius 1 is 1.00 bits per heavy atom. The summed E-state index contributed by atoms with van der Waals surface area (Å²) in [5.41, 5.74) is 4.14. The number of rotatable bonds is 7. The minimum atomic E-state index is -1.22. The van der Waals surface area contributed by atoms with Gasteiger partial charge < -0.3 is 14.8 Å². The van der Waals surface area contributed by atoms with Crippen LogP contribution in [0.5, 0.6) is 5.75 Å². The number of fused-ring (bicyclic) bond motifs is 2. The maximum absolute atomic E-state index is 13.8. The number of nitrogens with zero attached hydrogens (tertiary/aromatic N) is 3. The standard InChI is InChI=1S/C25H17ClN4O4S/c1-34-22-7-4-15(10-17(22)26)24(31)16(8-13-2-5-18-20(9-13)28-12-27-18)23(25(32)33)14-3-6-19-21(11-14)30-35-29-19/h2-7,9-12H,8H2,1H3,(H,27,28)(H,32,33). The van der Waals surface area contributed by atoms with Crippen LogP contribution in [0.3, 0.4) is 0 Å². The number of H-pyrrole nitrogens is 1. The summed E-state index contributed by atoms with van der Waals surface area (Å²) >= 11 is 7.31. The number of carboxylic acid groups (broad SMARTS) is 1. The topological polar surface area (TPSA) is 118 Å². The molecule has 2 N–H and O–H groups in total. The molecule has 0 aliphatic heterocycles. The molecule has 174 valence electrons. The van der Waals surface area contributed by atoms with Crippen molar-refractivity contribution in [2.45, 2.75) is 6.42 Å². The number of aromatic nitrogens is 4. The van der Waals surface area contributed by atoms with Gasteiger partial charge in [-0.2, -0.15) is 8.75 Å². The summed E-state index contributed by atoms with van der Waals surface area (Å²) in [7, 11) is 1.48. The molecule has 0 saturated heterocycles. The van der Waals surface area contributed by atoms with Gasteiger partial charge in [0.25, 0.3) is 0 Å². The first kappa shape index (κ1) is 22.7. The van der Waals surface area contributed by atoms with E-state index in [-0.39, 0.29) is 28.2 Å². The lowest BCUT2D eigenvalue weighted by Gasteiger charge is -2.14. The molecule has 0 bridgehead atoms. The summed E-state index contributed by atoms with van der Waals surface area (Å²) in [5.74, 6) is -1.26. The third-order valence-corrected chi connectivity index (χ3v) is 6.46. The van der Waals surface area contributed by atoms with Crippen LogP contribution >= 0.6 is 23.3 Å². The van der Waals surface area contributed by atoms with Crippen LogP contribution in [-0.2, 0) is 11.2 Å². The second kappa shape index (κ2) is 9.28. The summed E-state index contributed by atoms with van der Waals surface area (Å²) < 4.78 is 13.6. The first-order chi connectivity index (χ1) is 16.9. The molecule has 5 aromatic rings. The first-order valence-corrected chi connectivity index (χ1v) is 11.5. The number of ketones is 1. The quantitative estimate of drug-likeness (QED) is 0.231. The molecule has 8 nitrogen and oxygen atoms in total. The SMILES string of the molecule is COc1ccc(C(=O)C(Cc2ccc3nc[nH]c3c2)=C(C(=O)O)c2ccc3nsnc3c2)cc1Cl. The average Bonchev–Trinajstić information content (AvgIpc) is 3.51. The van der Waals surface area contributed by atoms with Crippen molar-refractivity contribution in [2.75, 3.05) is 7.11 Å². The van der Waals surface area contributed by atoms with E-state index in [1.54, 1.807) is 36.7 Å². The van der Waals surface area contributed by atoms with Crippen LogP contribution in [0.25, 0.3) is 27.6 Å². The Morgan fingerprint density at radius 3 is 2.54 bits per heavy atom. The van der Waals surface area contributed by atoms with E-state index in [2.05, 4.69) is 18.7 Å². The molecule has 10 heteroatoms. The normalized spacial score (nSPS) is 12.1. The van der Waals surface area contributed by atoms with Crippen LogP contribution in [0.15, 0.2) is 66.5 Å². The fourth-order valence-corrected chi connectivity index (χ4v) is 4.70. The van der Waals surface area contributed by atoms with E-state index in [4.69, 9.17) is 16.3 Å². The second-order valence-electron chi connectivity index (χ2n) is 7.74. The molecular formula is C25H17ClN4O4S. The number of imidazole rings is 1. The number of carbonyl (C=O) groups excluding carboxylic acids is 1. The van der Waals surface area contributed by atoms with Gasteiger partial charge in [-0.25, -0.2) is 9.78 Å². The third kappa shape index (κ3) is 4.39. The zero-order chi connectivity index (χ0) is 24.5. The molecule has 0 unspecified atom stereocenters. The van der Waals surface area contributed by atoms with Crippen molar-refractivity contribution in [3.05, 3.63) is 88.2 Å². The van der Waals surface area contributed by atoms with Crippen LogP contribution in [0.2, 0.25) is 5.02 Å². The number of hydrogen-bond donors (Lipinski definition) is 2. The third-order valence-electron chi connectivity index (χ3n) is 5.61. The summed E-state index contributed by atoms with van der Waals surface area (Å²) in [6.45, 7) is 0. The van der Waals surface area contributed by atoms with E-state index in [1.807, 2.05) is 18.2 Å². The Bertz CT molecular complexity index is 1640. The molecule has 0 amide bonds. The molecule has 3 aromatic carbocycles. The van der Waals surface area contributed by atoms with Gasteiger partial charge >= 0.3 is 5.97 Å². The number of carboxylic acids is 1. The highest BCUT2D eigenvalue weighted by Crippen LogP contribution is 2.31. The molecule has 0 spiro atoms. The van der Waals surface area contributed by atoms with Gasteiger partial charge in [-0.3, -0.25) is 4.79 Å². The van der Waals surface area contributed by atoms with Gasteiger partial charge in [0.1, 0.15) is 16.8 Å². The van der Waals surface area contributed by atoms with Crippen LogP contribution in [0, 0.1) is 0 Å². The largest absolute Gasteiger partial charge is 0.495 e. The van der Waals surface area contributed by atoms with Crippen LogP contribution < -0.4 is 4.74 Å². The van der Waals surface area contributed by atoms with Crippen molar-refractivity contribution in [3.8, 4) is 5.75 Å². The number of hydrogen-bond acceptors (Lipinski definition) is 7. The fourth-order valence-electron chi connectivity index (χ4n) is 3.93. The van der Waals surface area contributed by atoms with Crippen molar-refractivity contribution in [2.24, 2.45) is 0 Å². The predicted molar refractivity (Wildman–Crippen MR) is 134 cm³/mol. The molecule has 0 aliphatic rings. The maximum Gasteiger partial charge on any atom is 0.336 e. The molecule has 2 heterocycles. The van der Waals surface area contributed by atoms with Crippen LogP contribution in [0.1, 0.15) is 21.5 Å². The zero-order valence-electron chi connectivity index (χ0n) is 18.3. The van der Waals surface area contributed by atoms with Crippen LogP contribution in [-0.4, -0.2) is 42.7 Å². The van der Waals surface area contributed by atoms with Crippen molar-refractivity contribution >= 4 is 62.7 Å². The number of carbonyl (C=O) groups is 2. The van der Waals surface area contributed by atoms with Crippen molar-refractivity contribution < 1.29 is 19.4 Å². The fraction of sp³-hybridized carbons (Fsp3) is 0.0800. The molecule has 2 aromatic heterocycles. The lowest BCUT2D eigenvalue weighted by Crippen LogP contribution is -2.14. The number of halogens is 1. The van der Waals surface area contributed by atoms with E-state index < -0.39 is 11.8 Å². The van der Waals surface area contributed by atoms with Crippen molar-refractivity contribution in [3.63, 3.8) is 0 Å².